The number of halogens is 2. The summed E-state index contributed by atoms with van der Waals surface area (Å²) in [7, 11) is 0. The molecule has 1 atom stereocenters. The van der Waals surface area contributed by atoms with Crippen LogP contribution in [-0.2, 0) is 0 Å². The zero-order chi connectivity index (χ0) is 10.6. The topological polar surface area (TPSA) is 24.9 Å². The van der Waals surface area contributed by atoms with E-state index in [4.69, 9.17) is 23.2 Å². The molecular formula is C9H12Cl2N2S. The number of hydrogen-bond donors (Lipinski definition) is 1. The molecule has 0 saturated carbocycles. The van der Waals surface area contributed by atoms with Crippen molar-refractivity contribution < 1.29 is 0 Å². The summed E-state index contributed by atoms with van der Waals surface area (Å²) in [5.41, 5.74) is 0. The van der Waals surface area contributed by atoms with Gasteiger partial charge in [0.05, 0.1) is 5.02 Å². The van der Waals surface area contributed by atoms with E-state index >= 15 is 0 Å². The molecule has 1 rings (SSSR count). The highest BCUT2D eigenvalue weighted by atomic mass is 35.5. The van der Waals surface area contributed by atoms with Crippen LogP contribution in [0.5, 0.6) is 0 Å². The Morgan fingerprint density at radius 2 is 2.21 bits per heavy atom. The Labute approximate surface area is 98.4 Å². The first kappa shape index (κ1) is 12.0. The summed E-state index contributed by atoms with van der Waals surface area (Å²) in [6, 6.07) is 3.74. The molecule has 14 heavy (non-hydrogen) atoms. The van der Waals surface area contributed by atoms with Gasteiger partial charge in [-0.05, 0) is 25.3 Å². The van der Waals surface area contributed by atoms with E-state index in [-0.39, 0.29) is 0 Å². The first-order valence-corrected chi connectivity index (χ1v) is 6.36. The van der Waals surface area contributed by atoms with Gasteiger partial charge in [0.25, 0.3) is 0 Å². The van der Waals surface area contributed by atoms with Gasteiger partial charge in [-0.3, -0.25) is 0 Å². The lowest BCUT2D eigenvalue weighted by Gasteiger charge is -2.14. The Balaban J connectivity index is 2.70. The molecule has 1 heterocycles. The first-order valence-electron chi connectivity index (χ1n) is 4.21. The van der Waals surface area contributed by atoms with Gasteiger partial charge in [-0.1, -0.05) is 23.2 Å². The molecule has 0 radical (unpaired) electrons. The predicted molar refractivity (Wildman–Crippen MR) is 65.7 cm³/mol. The molecule has 0 aliphatic carbocycles. The van der Waals surface area contributed by atoms with E-state index in [1.165, 1.54) is 0 Å². The summed E-state index contributed by atoms with van der Waals surface area (Å²) in [6.45, 7) is 2.08. The van der Waals surface area contributed by atoms with Crippen LogP contribution in [0.2, 0.25) is 10.2 Å². The van der Waals surface area contributed by atoms with Crippen LogP contribution in [0.15, 0.2) is 12.1 Å². The van der Waals surface area contributed by atoms with Crippen molar-refractivity contribution in [2.45, 2.75) is 13.0 Å². The van der Waals surface area contributed by atoms with Crippen molar-refractivity contribution in [2.75, 3.05) is 17.3 Å². The van der Waals surface area contributed by atoms with Crippen LogP contribution in [0.1, 0.15) is 6.92 Å². The molecular weight excluding hydrogens is 239 g/mol. The van der Waals surface area contributed by atoms with Gasteiger partial charge in [0.1, 0.15) is 11.0 Å². The second-order valence-corrected chi connectivity index (χ2v) is 4.67. The SMILES string of the molecule is CSCC(C)Nc1nc(Cl)ccc1Cl. The van der Waals surface area contributed by atoms with E-state index in [1.54, 1.807) is 23.9 Å². The van der Waals surface area contributed by atoms with Gasteiger partial charge in [0.2, 0.25) is 0 Å². The molecule has 5 heteroatoms. The molecule has 0 aliphatic rings. The lowest BCUT2D eigenvalue weighted by atomic mass is 10.3. The Morgan fingerprint density at radius 1 is 1.50 bits per heavy atom. The normalized spacial score (nSPS) is 12.6. The number of nitrogens with zero attached hydrogens (tertiary/aromatic N) is 1. The van der Waals surface area contributed by atoms with E-state index < -0.39 is 0 Å². The summed E-state index contributed by atoms with van der Waals surface area (Å²) >= 11 is 13.5. The van der Waals surface area contributed by atoms with Crippen LogP contribution in [-0.4, -0.2) is 23.0 Å². The van der Waals surface area contributed by atoms with E-state index in [0.717, 1.165) is 5.75 Å². The minimum Gasteiger partial charge on any atom is -0.366 e. The number of thioether (sulfide) groups is 1. The van der Waals surface area contributed by atoms with Crippen molar-refractivity contribution in [3.63, 3.8) is 0 Å². The van der Waals surface area contributed by atoms with Gasteiger partial charge in [0.15, 0.2) is 0 Å². The van der Waals surface area contributed by atoms with Gasteiger partial charge >= 0.3 is 0 Å². The summed E-state index contributed by atoms with van der Waals surface area (Å²) in [5, 5.41) is 4.26. The average Bonchev–Trinajstić information content (AvgIpc) is 2.12. The van der Waals surface area contributed by atoms with E-state index in [9.17, 15) is 0 Å². The quantitative estimate of drug-likeness (QED) is 0.828. The Morgan fingerprint density at radius 3 is 2.86 bits per heavy atom. The summed E-state index contributed by atoms with van der Waals surface area (Å²) in [6.07, 6.45) is 2.06. The van der Waals surface area contributed by atoms with Crippen molar-refractivity contribution in [3.05, 3.63) is 22.3 Å². The molecule has 1 aromatic rings. The van der Waals surface area contributed by atoms with Crippen molar-refractivity contribution in [3.8, 4) is 0 Å². The predicted octanol–water partition coefficient (Wildman–Crippen LogP) is 3.55. The fourth-order valence-electron chi connectivity index (χ4n) is 1.04. The Kier molecular flexibility index (Phi) is 4.85. The number of hydrogen-bond acceptors (Lipinski definition) is 3. The van der Waals surface area contributed by atoms with Crippen LogP contribution in [0.3, 0.4) is 0 Å². The highest BCUT2D eigenvalue weighted by molar-refractivity contribution is 7.98. The fourth-order valence-corrected chi connectivity index (χ4v) is 1.94. The van der Waals surface area contributed by atoms with Gasteiger partial charge in [-0.2, -0.15) is 11.8 Å². The summed E-state index contributed by atoms with van der Waals surface area (Å²) in [4.78, 5) is 4.11. The van der Waals surface area contributed by atoms with E-state index in [2.05, 4.69) is 23.5 Å². The molecule has 0 amide bonds. The first-order chi connectivity index (χ1) is 6.63. The smallest absolute Gasteiger partial charge is 0.146 e. The average molecular weight is 251 g/mol. The molecule has 0 bridgehead atoms. The molecule has 0 fully saturated rings. The number of nitrogens with one attached hydrogen (secondary N) is 1. The van der Waals surface area contributed by atoms with E-state index in [0.29, 0.717) is 22.0 Å². The van der Waals surface area contributed by atoms with Crippen LogP contribution >= 0.6 is 35.0 Å². The molecule has 1 N–H and O–H groups in total. The number of aromatic nitrogens is 1. The van der Waals surface area contributed by atoms with Crippen molar-refractivity contribution in [2.24, 2.45) is 0 Å². The highest BCUT2D eigenvalue weighted by Gasteiger charge is 2.06. The molecule has 78 valence electrons. The van der Waals surface area contributed by atoms with Crippen LogP contribution in [0.25, 0.3) is 0 Å². The second-order valence-electron chi connectivity index (χ2n) is 2.97. The summed E-state index contributed by atoms with van der Waals surface area (Å²) < 4.78 is 0. The summed E-state index contributed by atoms with van der Waals surface area (Å²) in [5.74, 6) is 1.66. The van der Waals surface area contributed by atoms with Crippen molar-refractivity contribution >= 4 is 40.8 Å². The molecule has 2 nitrogen and oxygen atoms in total. The van der Waals surface area contributed by atoms with Gasteiger partial charge < -0.3 is 5.32 Å². The number of anilines is 1. The largest absolute Gasteiger partial charge is 0.366 e. The van der Waals surface area contributed by atoms with Crippen molar-refractivity contribution in [1.82, 2.24) is 4.98 Å². The lowest BCUT2D eigenvalue weighted by Crippen LogP contribution is -2.18. The molecule has 0 saturated heterocycles. The molecule has 1 unspecified atom stereocenters. The minimum absolute atomic E-state index is 0.327. The fraction of sp³-hybridized carbons (Fsp3) is 0.444. The van der Waals surface area contributed by atoms with E-state index in [1.807, 2.05) is 0 Å². The third kappa shape index (κ3) is 3.56. The number of pyridine rings is 1. The van der Waals surface area contributed by atoms with Crippen molar-refractivity contribution in [1.29, 1.82) is 0 Å². The molecule has 0 aliphatic heterocycles. The molecule has 0 aromatic carbocycles. The molecule has 0 spiro atoms. The third-order valence-corrected chi connectivity index (χ3v) is 2.96. The molecule has 1 aromatic heterocycles. The zero-order valence-electron chi connectivity index (χ0n) is 8.05. The monoisotopic (exact) mass is 250 g/mol. The van der Waals surface area contributed by atoms with Gasteiger partial charge in [-0.25, -0.2) is 4.98 Å². The maximum atomic E-state index is 5.95. The second kappa shape index (κ2) is 5.69. The zero-order valence-corrected chi connectivity index (χ0v) is 10.4. The maximum Gasteiger partial charge on any atom is 0.146 e. The lowest BCUT2D eigenvalue weighted by molar-refractivity contribution is 0.903. The van der Waals surface area contributed by atoms with Crippen LogP contribution in [0.4, 0.5) is 5.82 Å². The van der Waals surface area contributed by atoms with Gasteiger partial charge in [0, 0.05) is 11.8 Å². The Bertz CT molecular complexity index is 307. The van der Waals surface area contributed by atoms with Crippen LogP contribution in [0, 0.1) is 0 Å². The van der Waals surface area contributed by atoms with Gasteiger partial charge in [-0.15, -0.1) is 0 Å². The third-order valence-electron chi connectivity index (χ3n) is 1.61. The Hall–Kier alpha value is -0.120. The van der Waals surface area contributed by atoms with Crippen LogP contribution < -0.4 is 5.32 Å². The minimum atomic E-state index is 0.327. The standard InChI is InChI=1S/C9H12Cl2N2S/c1-6(5-14-2)12-9-7(10)3-4-8(11)13-9/h3-4,6H,5H2,1-2H3,(H,12,13). The number of rotatable bonds is 4. The highest BCUT2D eigenvalue weighted by Crippen LogP contribution is 2.22. The maximum absolute atomic E-state index is 5.95.